The van der Waals surface area contributed by atoms with Crippen molar-refractivity contribution in [1.29, 1.82) is 5.26 Å². The van der Waals surface area contributed by atoms with Crippen molar-refractivity contribution in [2.24, 2.45) is 0 Å². The average Bonchev–Trinajstić information content (AvgIpc) is 2.25. The average molecular weight is 283 g/mol. The summed E-state index contributed by atoms with van der Waals surface area (Å²) in [6.07, 6.45) is -8.62. The number of nitrogens with zero attached hydrogens (tertiary/aromatic N) is 3. The molecule has 0 aliphatic carbocycles. The minimum atomic E-state index is -5.40. The van der Waals surface area contributed by atoms with Crippen LogP contribution in [0.1, 0.15) is 17.7 Å². The molecule has 0 aliphatic heterocycles. The number of pyridine rings is 1. The van der Waals surface area contributed by atoms with Crippen molar-refractivity contribution >= 4 is 5.69 Å². The fourth-order valence-corrected chi connectivity index (χ4v) is 1.12. The fourth-order valence-electron chi connectivity index (χ4n) is 1.12. The highest BCUT2D eigenvalue weighted by Crippen LogP contribution is 2.37. The lowest BCUT2D eigenvalue weighted by Crippen LogP contribution is -2.20. The molecule has 102 valence electrons. The lowest BCUT2D eigenvalue weighted by molar-refractivity contribution is -0.385. The van der Waals surface area contributed by atoms with Gasteiger partial charge >= 0.3 is 12.0 Å². The highest BCUT2D eigenvalue weighted by molar-refractivity contribution is 5.57. The van der Waals surface area contributed by atoms with Gasteiger partial charge in [0.05, 0.1) is 4.92 Å². The number of ether oxygens (including phenoxy) is 1. The predicted octanol–water partition coefficient (Wildman–Crippen LogP) is 2.70. The summed E-state index contributed by atoms with van der Waals surface area (Å²) in [7, 11) is 0. The summed E-state index contributed by atoms with van der Waals surface area (Å²) < 4.78 is 64.3. The summed E-state index contributed by atoms with van der Waals surface area (Å²) in [6.45, 7) is 0. The number of nitro groups is 1. The Morgan fingerprint density at radius 1 is 1.47 bits per heavy atom. The van der Waals surface area contributed by atoms with Gasteiger partial charge in [-0.3, -0.25) is 10.1 Å². The molecule has 0 spiro atoms. The van der Waals surface area contributed by atoms with E-state index in [0.29, 0.717) is 0 Å². The molecule has 0 unspecified atom stereocenters. The zero-order valence-corrected chi connectivity index (χ0v) is 8.61. The second-order valence-electron chi connectivity index (χ2n) is 2.95. The summed E-state index contributed by atoms with van der Waals surface area (Å²) in [6, 6.07) is 1.02. The number of alkyl halides is 5. The lowest BCUT2D eigenvalue weighted by Gasteiger charge is -2.13. The highest BCUT2D eigenvalue weighted by Gasteiger charge is 2.37. The number of hydrogen-bond donors (Lipinski definition) is 0. The van der Waals surface area contributed by atoms with Crippen molar-refractivity contribution in [2.45, 2.75) is 12.8 Å². The molecule has 19 heavy (non-hydrogen) atoms. The molecule has 0 amide bonds. The van der Waals surface area contributed by atoms with E-state index in [9.17, 15) is 32.1 Å². The zero-order chi connectivity index (χ0) is 14.8. The smallest absolute Gasteiger partial charge is 0.402 e. The number of nitriles is 1. The topological polar surface area (TPSA) is 89.0 Å². The van der Waals surface area contributed by atoms with Crippen LogP contribution < -0.4 is 4.74 Å². The first-order valence-electron chi connectivity index (χ1n) is 4.28. The van der Waals surface area contributed by atoms with Crippen LogP contribution in [-0.4, -0.2) is 16.3 Å². The maximum Gasteiger partial charge on any atom is 0.573 e. The van der Waals surface area contributed by atoms with Crippen molar-refractivity contribution in [2.75, 3.05) is 0 Å². The van der Waals surface area contributed by atoms with Gasteiger partial charge in [0.1, 0.15) is 12.3 Å². The summed E-state index contributed by atoms with van der Waals surface area (Å²) in [5, 5.41) is 19.0. The molecular weight excluding hydrogens is 281 g/mol. The third-order valence-corrected chi connectivity index (χ3v) is 1.77. The van der Waals surface area contributed by atoms with Gasteiger partial charge in [0.2, 0.25) is 0 Å². The van der Waals surface area contributed by atoms with Gasteiger partial charge < -0.3 is 4.74 Å². The Morgan fingerprint density at radius 2 is 2.05 bits per heavy atom. The van der Waals surface area contributed by atoms with Crippen LogP contribution in [0.3, 0.4) is 0 Å². The van der Waals surface area contributed by atoms with Crippen molar-refractivity contribution in [1.82, 2.24) is 4.98 Å². The van der Waals surface area contributed by atoms with Crippen LogP contribution in [0.15, 0.2) is 6.20 Å². The number of rotatable bonds is 3. The Bertz CT molecular complexity index is 552. The van der Waals surface area contributed by atoms with E-state index in [0.717, 1.165) is 6.07 Å². The van der Waals surface area contributed by atoms with Gasteiger partial charge in [-0.2, -0.15) is 5.26 Å². The van der Waals surface area contributed by atoms with E-state index in [1.54, 1.807) is 0 Å². The van der Waals surface area contributed by atoms with Gasteiger partial charge in [0.15, 0.2) is 17.0 Å². The van der Waals surface area contributed by atoms with Crippen molar-refractivity contribution in [3.05, 3.63) is 27.6 Å². The zero-order valence-electron chi connectivity index (χ0n) is 8.61. The van der Waals surface area contributed by atoms with E-state index < -0.39 is 40.4 Å². The lowest BCUT2D eigenvalue weighted by atomic mass is 10.2. The molecule has 0 aromatic carbocycles. The van der Waals surface area contributed by atoms with Crippen LogP contribution in [0, 0.1) is 21.4 Å². The number of halogens is 5. The molecule has 1 aromatic rings. The summed E-state index contributed by atoms with van der Waals surface area (Å²) in [5.74, 6) is -1.67. The molecule has 0 aliphatic rings. The normalized spacial score (nSPS) is 11.2. The Morgan fingerprint density at radius 3 is 2.42 bits per heavy atom. The van der Waals surface area contributed by atoms with Gasteiger partial charge in [0, 0.05) is 0 Å². The molecule has 1 heterocycles. The Kier molecular flexibility index (Phi) is 3.83. The third-order valence-electron chi connectivity index (χ3n) is 1.77. The second kappa shape index (κ2) is 5.01. The summed E-state index contributed by atoms with van der Waals surface area (Å²) in [4.78, 5) is 12.1. The Balaban J connectivity index is 3.56. The minimum absolute atomic E-state index is 0.267. The van der Waals surface area contributed by atoms with Crippen LogP contribution >= 0.6 is 0 Å². The highest BCUT2D eigenvalue weighted by atomic mass is 19.4. The first kappa shape index (κ1) is 14.6. The minimum Gasteiger partial charge on any atom is -0.402 e. The molecule has 11 heteroatoms. The van der Waals surface area contributed by atoms with Crippen molar-refractivity contribution < 1.29 is 31.6 Å². The van der Waals surface area contributed by atoms with E-state index in [4.69, 9.17) is 5.26 Å². The Labute approximate surface area is 101 Å². The van der Waals surface area contributed by atoms with Crippen LogP contribution in [0.25, 0.3) is 0 Å². The third kappa shape index (κ3) is 3.24. The van der Waals surface area contributed by atoms with Gasteiger partial charge in [-0.15, -0.1) is 13.2 Å². The van der Waals surface area contributed by atoms with Crippen molar-refractivity contribution in [3.63, 3.8) is 0 Å². The largest absolute Gasteiger partial charge is 0.573 e. The van der Waals surface area contributed by atoms with E-state index in [1.165, 1.54) is 0 Å². The SMILES string of the molecule is N#Cc1c([N+](=O)[O-])cnc(C(F)F)c1OC(F)(F)F. The van der Waals surface area contributed by atoms with Gasteiger partial charge in [-0.1, -0.05) is 0 Å². The molecular formula is C8H2F5N3O3. The number of aromatic nitrogens is 1. The molecule has 0 radical (unpaired) electrons. The van der Waals surface area contributed by atoms with Gasteiger partial charge in [0.25, 0.3) is 6.43 Å². The van der Waals surface area contributed by atoms with Crippen LogP contribution in [0.2, 0.25) is 0 Å². The van der Waals surface area contributed by atoms with Gasteiger partial charge in [-0.05, 0) is 0 Å². The van der Waals surface area contributed by atoms with Crippen LogP contribution in [0.5, 0.6) is 5.75 Å². The molecule has 0 atom stereocenters. The molecule has 1 aromatic heterocycles. The molecule has 0 N–H and O–H groups in total. The molecule has 0 bridgehead atoms. The Hall–Kier alpha value is -2.51. The number of hydrogen-bond acceptors (Lipinski definition) is 5. The summed E-state index contributed by atoms with van der Waals surface area (Å²) >= 11 is 0. The van der Waals surface area contributed by atoms with E-state index in [-0.39, 0.29) is 6.20 Å². The molecule has 1 rings (SSSR count). The molecule has 0 saturated carbocycles. The standard InChI is InChI=1S/C8H2F5N3O3/c9-7(10)5-6(19-8(11,12)13)3(1-14)4(2-15-5)16(17)18/h2,7H. The molecule has 0 fully saturated rings. The molecule has 0 saturated heterocycles. The van der Waals surface area contributed by atoms with Crippen LogP contribution in [0.4, 0.5) is 27.6 Å². The monoisotopic (exact) mass is 283 g/mol. The van der Waals surface area contributed by atoms with Crippen LogP contribution in [-0.2, 0) is 0 Å². The van der Waals surface area contributed by atoms with E-state index >= 15 is 0 Å². The van der Waals surface area contributed by atoms with Gasteiger partial charge in [-0.25, -0.2) is 13.8 Å². The summed E-state index contributed by atoms with van der Waals surface area (Å²) in [5.41, 5.74) is -3.93. The van der Waals surface area contributed by atoms with E-state index in [2.05, 4.69) is 9.72 Å². The maximum absolute atomic E-state index is 12.5. The quantitative estimate of drug-likeness (QED) is 0.483. The predicted molar refractivity (Wildman–Crippen MR) is 47.2 cm³/mol. The van der Waals surface area contributed by atoms with Crippen molar-refractivity contribution in [3.8, 4) is 11.8 Å². The second-order valence-corrected chi connectivity index (χ2v) is 2.95. The van der Waals surface area contributed by atoms with E-state index in [1.807, 2.05) is 0 Å². The first-order valence-corrected chi connectivity index (χ1v) is 4.28. The maximum atomic E-state index is 12.5. The fraction of sp³-hybridized carbons (Fsp3) is 0.250. The molecule has 6 nitrogen and oxygen atoms in total. The first-order chi connectivity index (χ1) is 8.67.